The van der Waals surface area contributed by atoms with Gasteiger partial charge < -0.3 is 15.1 Å². The van der Waals surface area contributed by atoms with Gasteiger partial charge in [-0.25, -0.2) is 0 Å². The maximum absolute atomic E-state index is 13.2. The molecule has 28 heavy (non-hydrogen) atoms. The van der Waals surface area contributed by atoms with E-state index in [0.29, 0.717) is 18.2 Å². The molecule has 0 radical (unpaired) electrons. The van der Waals surface area contributed by atoms with Gasteiger partial charge in [0.2, 0.25) is 5.91 Å². The molecule has 6 nitrogen and oxygen atoms in total. The Kier molecular flexibility index (Phi) is 10.8. The van der Waals surface area contributed by atoms with E-state index in [1.165, 1.54) is 0 Å². The van der Waals surface area contributed by atoms with Gasteiger partial charge in [-0.3, -0.25) is 14.6 Å². The standard InChI is InChI=1S/C20H30N4O2.2ClH/c1-2-13-24(18-7-11-22-12-8-18)20(26)17-4-3-14-23(15-17)19(25)16-5-9-21-10-6-16;;/h5-6,9-10,17-18,22H,2-4,7-8,11-15H2,1H3;2*1H. The third-order valence-electron chi connectivity index (χ3n) is 5.48. The SMILES string of the molecule is CCCN(C(=O)C1CCCN(C(=O)c2ccncc2)C1)C1CCNCC1.Cl.Cl. The summed E-state index contributed by atoms with van der Waals surface area (Å²) in [6.45, 7) is 6.17. The van der Waals surface area contributed by atoms with Crippen LogP contribution in [0.4, 0.5) is 0 Å². The topological polar surface area (TPSA) is 65.5 Å². The fourth-order valence-corrected chi connectivity index (χ4v) is 4.11. The minimum Gasteiger partial charge on any atom is -0.339 e. The molecule has 0 bridgehead atoms. The highest BCUT2D eigenvalue weighted by molar-refractivity contribution is 5.94. The summed E-state index contributed by atoms with van der Waals surface area (Å²) >= 11 is 0. The summed E-state index contributed by atoms with van der Waals surface area (Å²) in [4.78, 5) is 33.9. The fourth-order valence-electron chi connectivity index (χ4n) is 4.11. The normalized spacial score (nSPS) is 19.9. The summed E-state index contributed by atoms with van der Waals surface area (Å²) < 4.78 is 0. The Hall–Kier alpha value is -1.37. The summed E-state index contributed by atoms with van der Waals surface area (Å²) in [7, 11) is 0. The Bertz CT molecular complexity index is 611. The predicted molar refractivity (Wildman–Crippen MR) is 115 cm³/mol. The predicted octanol–water partition coefficient (Wildman–Crippen LogP) is 2.77. The Morgan fingerprint density at radius 1 is 1.18 bits per heavy atom. The van der Waals surface area contributed by atoms with Crippen molar-refractivity contribution in [3.63, 3.8) is 0 Å². The summed E-state index contributed by atoms with van der Waals surface area (Å²) in [5, 5.41) is 3.37. The van der Waals surface area contributed by atoms with Gasteiger partial charge in [-0.15, -0.1) is 24.8 Å². The number of piperidine rings is 2. The number of amides is 2. The second-order valence-electron chi connectivity index (χ2n) is 7.34. The van der Waals surface area contributed by atoms with Crippen LogP contribution in [0.25, 0.3) is 0 Å². The molecule has 1 N–H and O–H groups in total. The number of nitrogens with zero attached hydrogens (tertiary/aromatic N) is 3. The largest absolute Gasteiger partial charge is 0.339 e. The van der Waals surface area contributed by atoms with Crippen LogP contribution < -0.4 is 5.32 Å². The molecule has 3 rings (SSSR count). The van der Waals surface area contributed by atoms with E-state index in [4.69, 9.17) is 0 Å². The molecule has 2 aliphatic heterocycles. The number of hydrogen-bond donors (Lipinski definition) is 1. The van der Waals surface area contributed by atoms with Crippen LogP contribution >= 0.6 is 24.8 Å². The van der Waals surface area contributed by atoms with Crippen LogP contribution in [-0.4, -0.2) is 65.4 Å². The van der Waals surface area contributed by atoms with Crippen molar-refractivity contribution in [2.75, 3.05) is 32.7 Å². The average Bonchev–Trinajstić information content (AvgIpc) is 2.72. The van der Waals surface area contributed by atoms with Crippen molar-refractivity contribution in [2.45, 2.75) is 45.1 Å². The molecule has 0 spiro atoms. The molecule has 1 unspecified atom stereocenters. The molecule has 2 aliphatic rings. The van der Waals surface area contributed by atoms with Crippen molar-refractivity contribution >= 4 is 36.6 Å². The van der Waals surface area contributed by atoms with Crippen LogP contribution in [0.1, 0.15) is 49.4 Å². The van der Waals surface area contributed by atoms with Gasteiger partial charge in [0, 0.05) is 43.6 Å². The minimum absolute atomic E-state index is 0. The minimum atomic E-state index is -0.0732. The number of hydrogen-bond acceptors (Lipinski definition) is 4. The number of carbonyl (C=O) groups excluding carboxylic acids is 2. The Morgan fingerprint density at radius 3 is 2.50 bits per heavy atom. The summed E-state index contributed by atoms with van der Waals surface area (Å²) in [5.41, 5.74) is 0.650. The molecule has 2 fully saturated rings. The summed E-state index contributed by atoms with van der Waals surface area (Å²) in [6.07, 6.45) is 8.07. The molecular formula is C20H32Cl2N4O2. The molecule has 2 amide bonds. The van der Waals surface area contributed by atoms with Crippen molar-refractivity contribution < 1.29 is 9.59 Å². The number of pyridine rings is 1. The molecule has 0 saturated carbocycles. The average molecular weight is 431 g/mol. The lowest BCUT2D eigenvalue weighted by atomic mass is 9.94. The number of nitrogens with one attached hydrogen (secondary N) is 1. The highest BCUT2D eigenvalue weighted by Gasteiger charge is 2.34. The van der Waals surface area contributed by atoms with Crippen LogP contribution in [-0.2, 0) is 4.79 Å². The molecule has 0 aromatic carbocycles. The molecule has 1 aromatic rings. The highest BCUT2D eigenvalue weighted by Crippen LogP contribution is 2.23. The molecule has 8 heteroatoms. The first-order valence-electron chi connectivity index (χ1n) is 9.91. The zero-order chi connectivity index (χ0) is 18.4. The molecule has 158 valence electrons. The van der Waals surface area contributed by atoms with Crippen LogP contribution in [0.2, 0.25) is 0 Å². The number of carbonyl (C=O) groups is 2. The van der Waals surface area contributed by atoms with Crippen molar-refractivity contribution in [1.82, 2.24) is 20.1 Å². The van der Waals surface area contributed by atoms with Gasteiger partial charge >= 0.3 is 0 Å². The van der Waals surface area contributed by atoms with E-state index in [2.05, 4.69) is 22.1 Å². The van der Waals surface area contributed by atoms with Crippen LogP contribution in [0.15, 0.2) is 24.5 Å². The van der Waals surface area contributed by atoms with Crippen molar-refractivity contribution in [3.05, 3.63) is 30.1 Å². The molecular weight excluding hydrogens is 399 g/mol. The van der Waals surface area contributed by atoms with E-state index in [0.717, 1.165) is 58.3 Å². The maximum Gasteiger partial charge on any atom is 0.253 e. The molecule has 3 heterocycles. The third kappa shape index (κ3) is 6.06. The quantitative estimate of drug-likeness (QED) is 0.779. The van der Waals surface area contributed by atoms with Crippen molar-refractivity contribution in [1.29, 1.82) is 0 Å². The van der Waals surface area contributed by atoms with Gasteiger partial charge in [-0.05, 0) is 57.3 Å². The van der Waals surface area contributed by atoms with E-state index in [1.807, 2.05) is 4.90 Å². The van der Waals surface area contributed by atoms with Gasteiger partial charge in [0.05, 0.1) is 5.92 Å². The van der Waals surface area contributed by atoms with Gasteiger partial charge in [0.1, 0.15) is 0 Å². The molecule has 1 aromatic heterocycles. The van der Waals surface area contributed by atoms with Gasteiger partial charge in [-0.2, -0.15) is 0 Å². The monoisotopic (exact) mass is 430 g/mol. The van der Waals surface area contributed by atoms with Gasteiger partial charge in [-0.1, -0.05) is 6.92 Å². The van der Waals surface area contributed by atoms with E-state index >= 15 is 0 Å². The van der Waals surface area contributed by atoms with E-state index in [1.54, 1.807) is 24.5 Å². The lowest BCUT2D eigenvalue weighted by Crippen LogP contribution is -2.52. The third-order valence-corrected chi connectivity index (χ3v) is 5.48. The first kappa shape index (κ1) is 24.7. The molecule has 2 saturated heterocycles. The number of likely N-dealkylation sites (tertiary alicyclic amines) is 1. The lowest BCUT2D eigenvalue weighted by molar-refractivity contribution is -0.140. The molecule has 1 atom stereocenters. The van der Waals surface area contributed by atoms with Crippen LogP contribution in [0, 0.1) is 5.92 Å². The lowest BCUT2D eigenvalue weighted by Gasteiger charge is -2.39. The van der Waals surface area contributed by atoms with Crippen molar-refractivity contribution in [3.8, 4) is 0 Å². The number of halogens is 2. The summed E-state index contributed by atoms with van der Waals surface area (Å²) in [5.74, 6) is 0.177. The number of aromatic nitrogens is 1. The summed E-state index contributed by atoms with van der Waals surface area (Å²) in [6, 6.07) is 3.83. The van der Waals surface area contributed by atoms with Crippen LogP contribution in [0.3, 0.4) is 0 Å². The highest BCUT2D eigenvalue weighted by atomic mass is 35.5. The smallest absolute Gasteiger partial charge is 0.253 e. The van der Waals surface area contributed by atoms with Gasteiger partial charge in [0.15, 0.2) is 0 Å². The Morgan fingerprint density at radius 2 is 1.86 bits per heavy atom. The molecule has 0 aliphatic carbocycles. The van der Waals surface area contributed by atoms with Gasteiger partial charge in [0.25, 0.3) is 5.91 Å². The van der Waals surface area contributed by atoms with Crippen molar-refractivity contribution in [2.24, 2.45) is 5.92 Å². The second-order valence-corrected chi connectivity index (χ2v) is 7.34. The zero-order valence-corrected chi connectivity index (χ0v) is 18.1. The zero-order valence-electron chi connectivity index (χ0n) is 16.5. The fraction of sp³-hybridized carbons (Fsp3) is 0.650. The first-order valence-corrected chi connectivity index (χ1v) is 9.91. The maximum atomic E-state index is 13.2. The van der Waals surface area contributed by atoms with E-state index in [9.17, 15) is 9.59 Å². The van der Waals surface area contributed by atoms with Crippen LogP contribution in [0.5, 0.6) is 0 Å². The second kappa shape index (κ2) is 12.2. The first-order chi connectivity index (χ1) is 12.7. The Labute approximate surface area is 180 Å². The van der Waals surface area contributed by atoms with E-state index in [-0.39, 0.29) is 42.5 Å². The van der Waals surface area contributed by atoms with E-state index < -0.39 is 0 Å². The number of rotatable bonds is 5. The Balaban J connectivity index is 0.00000196.